The highest BCUT2D eigenvalue weighted by Gasteiger charge is 2.27. The van der Waals surface area contributed by atoms with Gasteiger partial charge in [0.2, 0.25) is 5.91 Å². The summed E-state index contributed by atoms with van der Waals surface area (Å²) in [5.74, 6) is -3.19. The zero-order valence-electron chi connectivity index (χ0n) is 28.0. The lowest BCUT2D eigenvalue weighted by Crippen LogP contribution is -2.53. The number of likely N-dealkylation sites (N-methyl/N-ethyl adjacent to an activating group) is 1. The second-order valence-electron chi connectivity index (χ2n) is 12.1. The number of hydrazine groups is 1. The van der Waals surface area contributed by atoms with E-state index >= 15 is 0 Å². The monoisotopic (exact) mass is 645 g/mol. The lowest BCUT2D eigenvalue weighted by atomic mass is 9.98. The maximum Gasteiger partial charge on any atom is 0.253 e. The van der Waals surface area contributed by atoms with Crippen molar-refractivity contribution in [3.63, 3.8) is 0 Å². The van der Waals surface area contributed by atoms with E-state index in [0.29, 0.717) is 19.6 Å². The number of nitrogens with one attached hydrogen (secondary N) is 2. The highest BCUT2D eigenvalue weighted by Crippen LogP contribution is 2.18. The Balaban J connectivity index is 2.50. The number of carbonyl (C=O) groups excluding carboxylic acids is 4. The van der Waals surface area contributed by atoms with E-state index in [4.69, 9.17) is 0 Å². The third-order valence-electron chi connectivity index (χ3n) is 7.19. The molecule has 2 rings (SSSR count). The molecule has 4 amide bonds. The number of aliphatic hydroxyl groups is 1. The van der Waals surface area contributed by atoms with Crippen LogP contribution in [0, 0.1) is 17.6 Å². The minimum absolute atomic E-state index is 0.00389. The van der Waals surface area contributed by atoms with Crippen LogP contribution >= 0.6 is 0 Å². The first kappa shape index (κ1) is 38.3. The van der Waals surface area contributed by atoms with E-state index in [2.05, 4.69) is 10.7 Å². The summed E-state index contributed by atoms with van der Waals surface area (Å²) in [6.07, 6.45) is 0.269. The molecule has 10 nitrogen and oxygen atoms in total. The first-order chi connectivity index (χ1) is 21.7. The van der Waals surface area contributed by atoms with Gasteiger partial charge in [-0.3, -0.25) is 24.6 Å². The molecule has 2 aromatic carbocycles. The fraction of sp³-hybridized carbons (Fsp3) is 0.529. The molecule has 46 heavy (non-hydrogen) atoms. The average Bonchev–Trinajstić information content (AvgIpc) is 2.98. The van der Waals surface area contributed by atoms with Crippen LogP contribution in [-0.2, 0) is 11.2 Å². The number of aliphatic hydroxyl groups excluding tert-OH is 1. The molecule has 0 heterocycles. The lowest BCUT2D eigenvalue weighted by Gasteiger charge is -2.30. The Kier molecular flexibility index (Phi) is 15.2. The first-order valence-corrected chi connectivity index (χ1v) is 15.8. The summed E-state index contributed by atoms with van der Waals surface area (Å²) in [5.41, 5.74) is 3.23. The summed E-state index contributed by atoms with van der Waals surface area (Å²) in [6, 6.07) is 6.10. The fourth-order valence-corrected chi connectivity index (χ4v) is 5.02. The molecule has 0 aliphatic heterocycles. The van der Waals surface area contributed by atoms with Crippen LogP contribution in [0.2, 0.25) is 0 Å². The molecule has 0 radical (unpaired) electrons. The zero-order valence-corrected chi connectivity index (χ0v) is 28.0. The average molecular weight is 646 g/mol. The third-order valence-corrected chi connectivity index (χ3v) is 7.19. The summed E-state index contributed by atoms with van der Waals surface area (Å²) in [5, 5.41) is 15.6. The molecule has 0 saturated carbocycles. The summed E-state index contributed by atoms with van der Waals surface area (Å²) in [6.45, 7) is 10.7. The van der Waals surface area contributed by atoms with E-state index in [0.717, 1.165) is 31.0 Å². The van der Waals surface area contributed by atoms with E-state index in [1.54, 1.807) is 25.9 Å². The molecular formula is C34H49F2N5O5. The highest BCUT2D eigenvalue weighted by molar-refractivity contribution is 6.04. The highest BCUT2D eigenvalue weighted by atomic mass is 19.1. The van der Waals surface area contributed by atoms with Gasteiger partial charge in [0.25, 0.3) is 17.7 Å². The van der Waals surface area contributed by atoms with Gasteiger partial charge in [0.15, 0.2) is 0 Å². The van der Waals surface area contributed by atoms with Gasteiger partial charge in [-0.15, -0.1) is 0 Å². The standard InChI is InChI=1S/C34H49F2N5O5/c1-8-11-40(12-9-2)34(46)26-18-24(17-25(19-26)33(45)39(6)7)32(44)37-29(16-23-14-27(35)20-28(36)15-23)30(42)21-41(10-3)38-31(43)13-22(4)5/h14-15,17-20,22,29-30,42H,8-13,16,21H2,1-7H3,(H,37,44)(H,38,43). The van der Waals surface area contributed by atoms with Crippen LogP contribution in [0.15, 0.2) is 36.4 Å². The number of hydrogen-bond donors (Lipinski definition) is 3. The van der Waals surface area contributed by atoms with Crippen molar-refractivity contribution in [1.82, 2.24) is 25.6 Å². The Hall–Kier alpha value is -3.90. The van der Waals surface area contributed by atoms with E-state index in [9.17, 15) is 33.1 Å². The number of nitrogens with zero attached hydrogens (tertiary/aromatic N) is 3. The Morgan fingerprint density at radius 1 is 0.826 bits per heavy atom. The van der Waals surface area contributed by atoms with Crippen molar-refractivity contribution in [3.8, 4) is 0 Å². The van der Waals surface area contributed by atoms with E-state index in [-0.39, 0.29) is 59.4 Å². The maximum absolute atomic E-state index is 14.1. The predicted octanol–water partition coefficient (Wildman–Crippen LogP) is 4.03. The summed E-state index contributed by atoms with van der Waals surface area (Å²) < 4.78 is 28.2. The predicted molar refractivity (Wildman–Crippen MR) is 173 cm³/mol. The maximum atomic E-state index is 14.1. The summed E-state index contributed by atoms with van der Waals surface area (Å²) in [4.78, 5) is 55.7. The molecule has 0 aliphatic rings. The van der Waals surface area contributed by atoms with Crippen molar-refractivity contribution in [2.45, 2.75) is 72.4 Å². The molecule has 2 unspecified atom stereocenters. The van der Waals surface area contributed by atoms with Crippen LogP contribution in [0.5, 0.6) is 0 Å². The second-order valence-corrected chi connectivity index (χ2v) is 12.1. The molecule has 2 atom stereocenters. The van der Waals surface area contributed by atoms with Gasteiger partial charge >= 0.3 is 0 Å². The summed E-state index contributed by atoms with van der Waals surface area (Å²) >= 11 is 0. The van der Waals surface area contributed by atoms with Crippen LogP contribution in [-0.4, -0.2) is 96.0 Å². The van der Waals surface area contributed by atoms with Gasteiger partial charge < -0.3 is 20.2 Å². The molecule has 0 spiro atoms. The molecule has 12 heteroatoms. The SMILES string of the molecule is CCCN(CCC)C(=O)c1cc(C(=O)NC(Cc2cc(F)cc(F)c2)C(O)CN(CC)NC(=O)CC(C)C)cc(C(=O)N(C)C)c1. The smallest absolute Gasteiger partial charge is 0.253 e. The second kappa shape index (κ2) is 18.3. The Bertz CT molecular complexity index is 1330. The van der Waals surface area contributed by atoms with Crippen molar-refractivity contribution in [2.75, 3.05) is 40.3 Å². The number of amides is 4. The van der Waals surface area contributed by atoms with Gasteiger partial charge in [-0.1, -0.05) is 34.6 Å². The normalized spacial score (nSPS) is 12.5. The summed E-state index contributed by atoms with van der Waals surface area (Å²) in [7, 11) is 3.11. The Labute approximate surface area is 271 Å². The Morgan fingerprint density at radius 2 is 1.37 bits per heavy atom. The van der Waals surface area contributed by atoms with Crippen molar-refractivity contribution < 1.29 is 33.1 Å². The number of rotatable bonds is 17. The molecular weight excluding hydrogens is 596 g/mol. The molecule has 254 valence electrons. The van der Waals surface area contributed by atoms with Crippen LogP contribution in [0.4, 0.5) is 8.78 Å². The van der Waals surface area contributed by atoms with E-state index < -0.39 is 35.6 Å². The van der Waals surface area contributed by atoms with Crippen LogP contribution in [0.1, 0.15) is 90.5 Å². The van der Waals surface area contributed by atoms with Crippen LogP contribution in [0.25, 0.3) is 0 Å². The minimum Gasteiger partial charge on any atom is -0.390 e. The molecule has 0 aliphatic carbocycles. The van der Waals surface area contributed by atoms with E-state index in [1.165, 1.54) is 28.1 Å². The van der Waals surface area contributed by atoms with Crippen molar-refractivity contribution in [3.05, 3.63) is 70.3 Å². The molecule has 3 N–H and O–H groups in total. The largest absolute Gasteiger partial charge is 0.390 e. The first-order valence-electron chi connectivity index (χ1n) is 15.8. The molecule has 0 aromatic heterocycles. The lowest BCUT2D eigenvalue weighted by molar-refractivity contribution is -0.127. The van der Waals surface area contributed by atoms with Gasteiger partial charge in [0.05, 0.1) is 12.1 Å². The van der Waals surface area contributed by atoms with Gasteiger partial charge in [0, 0.05) is 69.5 Å². The molecule has 0 bridgehead atoms. The quantitative estimate of drug-likeness (QED) is 0.224. The van der Waals surface area contributed by atoms with Crippen LogP contribution in [0.3, 0.4) is 0 Å². The van der Waals surface area contributed by atoms with Gasteiger partial charge in [-0.05, 0) is 61.1 Å². The van der Waals surface area contributed by atoms with Crippen molar-refractivity contribution >= 4 is 23.6 Å². The van der Waals surface area contributed by atoms with Crippen molar-refractivity contribution in [2.24, 2.45) is 5.92 Å². The van der Waals surface area contributed by atoms with Gasteiger partial charge in [-0.2, -0.15) is 0 Å². The number of carbonyl (C=O) groups is 4. The minimum atomic E-state index is -1.30. The van der Waals surface area contributed by atoms with E-state index in [1.807, 2.05) is 27.7 Å². The molecule has 0 saturated heterocycles. The topological polar surface area (TPSA) is 122 Å². The fourth-order valence-electron chi connectivity index (χ4n) is 5.02. The Morgan fingerprint density at radius 3 is 1.87 bits per heavy atom. The van der Waals surface area contributed by atoms with Crippen LogP contribution < -0.4 is 10.7 Å². The van der Waals surface area contributed by atoms with Gasteiger partial charge in [-0.25, -0.2) is 13.8 Å². The number of benzene rings is 2. The van der Waals surface area contributed by atoms with Crippen molar-refractivity contribution in [1.29, 1.82) is 0 Å². The zero-order chi connectivity index (χ0) is 34.6. The number of halogens is 2. The third kappa shape index (κ3) is 11.8. The number of hydrogen-bond acceptors (Lipinski definition) is 6. The molecule has 0 fully saturated rings. The van der Waals surface area contributed by atoms with Gasteiger partial charge in [0.1, 0.15) is 11.6 Å². The molecule has 2 aromatic rings.